The molecule has 0 aliphatic carbocycles. The summed E-state index contributed by atoms with van der Waals surface area (Å²) in [7, 11) is 1.38. The highest BCUT2D eigenvalue weighted by Gasteiger charge is 2.17. The first kappa shape index (κ1) is 11.0. The molecule has 15 heavy (non-hydrogen) atoms. The van der Waals surface area contributed by atoms with Gasteiger partial charge in [0.2, 0.25) is 0 Å². The minimum Gasteiger partial charge on any atom is -0.493 e. The molecule has 0 saturated heterocycles. The molecule has 0 N–H and O–H groups in total. The number of pyridine rings is 1. The normalized spacial score (nSPS) is 9.13. The summed E-state index contributed by atoms with van der Waals surface area (Å²) < 4.78 is 9.76. The van der Waals surface area contributed by atoms with Crippen LogP contribution in [0.3, 0.4) is 0 Å². The van der Waals surface area contributed by atoms with Crippen molar-refractivity contribution < 1.29 is 14.3 Å². The van der Waals surface area contributed by atoms with Crippen LogP contribution in [0, 0.1) is 11.3 Å². The van der Waals surface area contributed by atoms with Crippen molar-refractivity contribution in [2.45, 2.75) is 6.92 Å². The summed E-state index contributed by atoms with van der Waals surface area (Å²) in [6, 6.07) is 3.30. The molecule has 0 saturated carbocycles. The molecule has 0 spiro atoms. The molecular weight excluding hydrogens is 196 g/mol. The fraction of sp³-hybridized carbons (Fsp3) is 0.300. The largest absolute Gasteiger partial charge is 0.493 e. The highest BCUT2D eigenvalue weighted by Crippen LogP contribution is 2.21. The zero-order valence-corrected chi connectivity index (χ0v) is 8.48. The van der Waals surface area contributed by atoms with Gasteiger partial charge in [-0.25, -0.2) is 9.78 Å². The number of aromatic nitrogens is 1. The van der Waals surface area contributed by atoms with E-state index in [1.54, 1.807) is 6.92 Å². The second kappa shape index (κ2) is 4.96. The monoisotopic (exact) mass is 206 g/mol. The Balaban J connectivity index is 3.18. The van der Waals surface area contributed by atoms with Crippen molar-refractivity contribution in [2.24, 2.45) is 0 Å². The minimum atomic E-state index is -0.520. The molecule has 0 aliphatic heterocycles. The number of hydrogen-bond donors (Lipinski definition) is 0. The highest BCUT2D eigenvalue weighted by molar-refractivity contribution is 5.93. The maximum absolute atomic E-state index is 11.5. The maximum Gasteiger partial charge on any atom is 0.342 e. The van der Waals surface area contributed by atoms with Crippen LogP contribution in [0.25, 0.3) is 0 Å². The number of methoxy groups -OCH3 is 1. The van der Waals surface area contributed by atoms with Crippen LogP contribution in [0.5, 0.6) is 5.75 Å². The van der Waals surface area contributed by atoms with Crippen molar-refractivity contribution in [1.29, 1.82) is 5.26 Å². The second-order valence-electron chi connectivity index (χ2n) is 2.57. The summed E-state index contributed by atoms with van der Waals surface area (Å²) in [4.78, 5) is 15.2. The van der Waals surface area contributed by atoms with Crippen LogP contribution < -0.4 is 4.74 Å². The van der Waals surface area contributed by atoms with Crippen LogP contribution in [-0.2, 0) is 4.74 Å². The first-order valence-electron chi connectivity index (χ1n) is 4.34. The third kappa shape index (κ3) is 2.23. The molecule has 1 heterocycles. The van der Waals surface area contributed by atoms with Gasteiger partial charge in [-0.3, -0.25) is 0 Å². The number of hydrogen-bond acceptors (Lipinski definition) is 5. The molecule has 0 atom stereocenters. The molecule has 0 aliphatic rings. The molecular formula is C10H10N2O3. The van der Waals surface area contributed by atoms with Crippen molar-refractivity contribution >= 4 is 5.97 Å². The van der Waals surface area contributed by atoms with Gasteiger partial charge in [-0.05, 0) is 13.0 Å². The number of carbonyl (C=O) groups excluding carboxylic acids is 1. The summed E-state index contributed by atoms with van der Waals surface area (Å²) in [5.41, 5.74) is 0.286. The van der Waals surface area contributed by atoms with Crippen LogP contribution in [0.1, 0.15) is 23.0 Å². The molecule has 0 radical (unpaired) electrons. The topological polar surface area (TPSA) is 72.2 Å². The molecule has 5 heteroatoms. The quantitative estimate of drug-likeness (QED) is 0.693. The molecule has 0 amide bonds. The predicted octanol–water partition coefficient (Wildman–Crippen LogP) is 1.14. The Morgan fingerprint density at radius 2 is 2.40 bits per heavy atom. The van der Waals surface area contributed by atoms with E-state index in [1.165, 1.54) is 19.4 Å². The first-order valence-corrected chi connectivity index (χ1v) is 4.34. The molecule has 5 nitrogen and oxygen atoms in total. The van der Waals surface area contributed by atoms with Crippen molar-refractivity contribution in [1.82, 2.24) is 4.98 Å². The van der Waals surface area contributed by atoms with Crippen molar-refractivity contribution in [3.63, 3.8) is 0 Å². The third-order valence-corrected chi connectivity index (χ3v) is 1.71. The van der Waals surface area contributed by atoms with Gasteiger partial charge in [-0.1, -0.05) is 0 Å². The fourth-order valence-corrected chi connectivity index (χ4v) is 1.10. The van der Waals surface area contributed by atoms with Crippen molar-refractivity contribution in [2.75, 3.05) is 13.7 Å². The van der Waals surface area contributed by atoms with Crippen LogP contribution in [0.4, 0.5) is 0 Å². The average molecular weight is 206 g/mol. The van der Waals surface area contributed by atoms with E-state index in [-0.39, 0.29) is 23.6 Å². The Morgan fingerprint density at radius 1 is 1.67 bits per heavy atom. The van der Waals surface area contributed by atoms with Gasteiger partial charge in [0.25, 0.3) is 0 Å². The van der Waals surface area contributed by atoms with Crippen LogP contribution >= 0.6 is 0 Å². The van der Waals surface area contributed by atoms with E-state index in [4.69, 9.17) is 14.7 Å². The Hall–Kier alpha value is -2.09. The highest BCUT2D eigenvalue weighted by atomic mass is 16.5. The van der Waals surface area contributed by atoms with E-state index in [9.17, 15) is 4.79 Å². The van der Waals surface area contributed by atoms with E-state index in [2.05, 4.69) is 4.98 Å². The number of nitriles is 1. The van der Waals surface area contributed by atoms with Crippen LogP contribution in [-0.4, -0.2) is 24.7 Å². The standard InChI is InChI=1S/C10H10N2O3/c1-3-15-10(13)7-4-5-12-8(6-11)9(7)14-2/h4-5H,3H2,1-2H3. The van der Waals surface area contributed by atoms with Gasteiger partial charge in [0, 0.05) is 6.20 Å². The van der Waals surface area contributed by atoms with E-state index in [0.29, 0.717) is 0 Å². The van der Waals surface area contributed by atoms with E-state index in [1.807, 2.05) is 6.07 Å². The Labute approximate surface area is 87.3 Å². The van der Waals surface area contributed by atoms with E-state index in [0.717, 1.165) is 0 Å². The lowest BCUT2D eigenvalue weighted by atomic mass is 10.2. The van der Waals surface area contributed by atoms with Gasteiger partial charge in [0.1, 0.15) is 11.6 Å². The fourth-order valence-electron chi connectivity index (χ4n) is 1.10. The molecule has 78 valence electrons. The van der Waals surface area contributed by atoms with Crippen molar-refractivity contribution in [3.8, 4) is 11.8 Å². The molecule has 0 bridgehead atoms. The maximum atomic E-state index is 11.5. The molecule has 1 aromatic rings. The molecule has 0 fully saturated rings. The SMILES string of the molecule is CCOC(=O)c1ccnc(C#N)c1OC. The lowest BCUT2D eigenvalue weighted by Gasteiger charge is -2.07. The average Bonchev–Trinajstić information content (AvgIpc) is 2.28. The van der Waals surface area contributed by atoms with E-state index < -0.39 is 5.97 Å². The second-order valence-corrected chi connectivity index (χ2v) is 2.57. The molecule has 0 unspecified atom stereocenters. The Kier molecular flexibility index (Phi) is 3.63. The smallest absolute Gasteiger partial charge is 0.342 e. The molecule has 0 aromatic carbocycles. The number of esters is 1. The number of nitrogens with zero attached hydrogens (tertiary/aromatic N) is 2. The number of carbonyl (C=O) groups is 1. The van der Waals surface area contributed by atoms with Gasteiger partial charge in [-0.15, -0.1) is 0 Å². The minimum absolute atomic E-state index is 0.0723. The number of rotatable bonds is 3. The van der Waals surface area contributed by atoms with Gasteiger partial charge < -0.3 is 9.47 Å². The van der Waals surface area contributed by atoms with E-state index >= 15 is 0 Å². The Bertz CT molecular complexity index is 410. The summed E-state index contributed by atoms with van der Waals surface area (Å²) in [5, 5.41) is 8.74. The molecule has 1 rings (SSSR count). The summed E-state index contributed by atoms with van der Waals surface area (Å²) in [5.74, 6) is -0.369. The summed E-state index contributed by atoms with van der Waals surface area (Å²) in [6.07, 6.45) is 1.37. The van der Waals surface area contributed by atoms with Gasteiger partial charge in [0.05, 0.1) is 13.7 Å². The lowest BCUT2D eigenvalue weighted by molar-refractivity contribution is 0.0522. The predicted molar refractivity (Wildman–Crippen MR) is 51.5 cm³/mol. The molecule has 1 aromatic heterocycles. The zero-order valence-electron chi connectivity index (χ0n) is 8.48. The summed E-state index contributed by atoms with van der Waals surface area (Å²) >= 11 is 0. The van der Waals surface area contributed by atoms with Gasteiger partial charge in [0.15, 0.2) is 11.4 Å². The lowest BCUT2D eigenvalue weighted by Crippen LogP contribution is -2.08. The number of ether oxygens (including phenoxy) is 2. The van der Waals surface area contributed by atoms with Crippen LogP contribution in [0.15, 0.2) is 12.3 Å². The van der Waals surface area contributed by atoms with Gasteiger partial charge in [-0.2, -0.15) is 5.26 Å². The third-order valence-electron chi connectivity index (χ3n) is 1.71. The van der Waals surface area contributed by atoms with Crippen molar-refractivity contribution in [3.05, 3.63) is 23.5 Å². The van der Waals surface area contributed by atoms with Gasteiger partial charge >= 0.3 is 5.97 Å². The Morgan fingerprint density at radius 3 is 2.93 bits per heavy atom. The zero-order chi connectivity index (χ0) is 11.3. The first-order chi connectivity index (χ1) is 7.24. The van der Waals surface area contributed by atoms with Crippen LogP contribution in [0.2, 0.25) is 0 Å². The summed E-state index contributed by atoms with van der Waals surface area (Å²) in [6.45, 7) is 1.98.